The second kappa shape index (κ2) is 8.78. The molecule has 1 amide bonds. The van der Waals surface area contributed by atoms with E-state index >= 15 is 0 Å². The lowest BCUT2D eigenvalue weighted by atomic mass is 10.1. The van der Waals surface area contributed by atoms with Crippen molar-refractivity contribution in [2.24, 2.45) is 0 Å². The number of carbonyl (C=O) groups is 1. The highest BCUT2D eigenvalue weighted by Crippen LogP contribution is 2.20. The summed E-state index contributed by atoms with van der Waals surface area (Å²) in [5.74, 6) is 1.52. The van der Waals surface area contributed by atoms with E-state index in [9.17, 15) is 4.79 Å². The molecule has 0 heterocycles. The summed E-state index contributed by atoms with van der Waals surface area (Å²) >= 11 is 1.74. The number of ether oxygens (including phenoxy) is 1. The Morgan fingerprint density at radius 3 is 2.42 bits per heavy atom. The number of thioether (sulfide) groups is 1. The molecule has 0 fully saturated rings. The van der Waals surface area contributed by atoms with E-state index < -0.39 is 6.10 Å². The minimum atomic E-state index is -0.504. The van der Waals surface area contributed by atoms with Gasteiger partial charge in [-0.05, 0) is 51.5 Å². The average Bonchev–Trinajstić information content (AvgIpc) is 2.55. The van der Waals surface area contributed by atoms with Crippen molar-refractivity contribution in [3.63, 3.8) is 0 Å². The molecular weight excluding hydrogens is 318 g/mol. The largest absolute Gasteiger partial charge is 0.481 e. The monoisotopic (exact) mass is 343 g/mol. The van der Waals surface area contributed by atoms with Crippen LogP contribution in [0.5, 0.6) is 5.75 Å². The van der Waals surface area contributed by atoms with Crippen LogP contribution >= 0.6 is 11.8 Å². The van der Waals surface area contributed by atoms with Crippen molar-refractivity contribution in [1.29, 1.82) is 0 Å². The van der Waals surface area contributed by atoms with Gasteiger partial charge in [0.05, 0.1) is 0 Å². The normalized spacial score (nSPS) is 11.8. The van der Waals surface area contributed by atoms with Crippen LogP contribution in [-0.4, -0.2) is 24.3 Å². The van der Waals surface area contributed by atoms with E-state index in [2.05, 4.69) is 42.6 Å². The first-order valence-electron chi connectivity index (χ1n) is 8.17. The van der Waals surface area contributed by atoms with Gasteiger partial charge in [-0.3, -0.25) is 4.79 Å². The van der Waals surface area contributed by atoms with Crippen LogP contribution in [0.3, 0.4) is 0 Å². The van der Waals surface area contributed by atoms with Gasteiger partial charge in [0.15, 0.2) is 6.10 Å². The number of rotatable bonds is 7. The molecule has 3 nitrogen and oxygen atoms in total. The van der Waals surface area contributed by atoms with Gasteiger partial charge in [-0.1, -0.05) is 35.4 Å². The molecule has 2 aromatic rings. The smallest absolute Gasteiger partial charge is 0.260 e. The first kappa shape index (κ1) is 18.4. The molecule has 0 aliphatic rings. The van der Waals surface area contributed by atoms with Crippen LogP contribution in [0.1, 0.15) is 23.6 Å². The zero-order valence-electron chi connectivity index (χ0n) is 14.8. The molecule has 2 aromatic carbocycles. The molecule has 2 rings (SSSR count). The molecule has 24 heavy (non-hydrogen) atoms. The zero-order valence-corrected chi connectivity index (χ0v) is 15.6. The van der Waals surface area contributed by atoms with Crippen LogP contribution in [0.2, 0.25) is 0 Å². The van der Waals surface area contributed by atoms with Crippen molar-refractivity contribution in [1.82, 2.24) is 5.32 Å². The Bertz CT molecular complexity index is 683. The van der Waals surface area contributed by atoms with E-state index in [1.54, 1.807) is 18.7 Å². The predicted molar refractivity (Wildman–Crippen MR) is 101 cm³/mol. The first-order chi connectivity index (χ1) is 11.5. The molecule has 0 aliphatic carbocycles. The lowest BCUT2D eigenvalue weighted by Gasteiger charge is -2.16. The molecule has 0 unspecified atom stereocenters. The van der Waals surface area contributed by atoms with Gasteiger partial charge in [-0.2, -0.15) is 0 Å². The third-order valence-corrected chi connectivity index (χ3v) is 4.71. The molecule has 128 valence electrons. The van der Waals surface area contributed by atoms with Gasteiger partial charge in [0, 0.05) is 17.2 Å². The molecule has 1 N–H and O–H groups in total. The van der Waals surface area contributed by atoms with Crippen molar-refractivity contribution in [2.45, 2.75) is 38.7 Å². The van der Waals surface area contributed by atoms with Gasteiger partial charge < -0.3 is 10.1 Å². The van der Waals surface area contributed by atoms with Crippen LogP contribution in [0.4, 0.5) is 0 Å². The molecule has 0 spiro atoms. The summed E-state index contributed by atoms with van der Waals surface area (Å²) in [6, 6.07) is 14.4. The number of amides is 1. The van der Waals surface area contributed by atoms with Crippen molar-refractivity contribution >= 4 is 17.7 Å². The van der Waals surface area contributed by atoms with Crippen molar-refractivity contribution in [3.05, 3.63) is 59.2 Å². The number of benzene rings is 2. The van der Waals surface area contributed by atoms with Crippen LogP contribution in [0.25, 0.3) is 0 Å². The first-order valence-corrected chi connectivity index (χ1v) is 9.15. The van der Waals surface area contributed by atoms with Gasteiger partial charge in [0.25, 0.3) is 5.91 Å². The zero-order chi connectivity index (χ0) is 17.5. The summed E-state index contributed by atoms with van der Waals surface area (Å²) in [5, 5.41) is 2.93. The Kier molecular flexibility index (Phi) is 6.73. The minimum Gasteiger partial charge on any atom is -0.481 e. The van der Waals surface area contributed by atoms with Gasteiger partial charge in [-0.15, -0.1) is 11.8 Å². The second-order valence-corrected chi connectivity index (χ2v) is 7.15. The van der Waals surface area contributed by atoms with Gasteiger partial charge in [0.1, 0.15) is 5.75 Å². The van der Waals surface area contributed by atoms with E-state index in [0.717, 1.165) is 17.1 Å². The number of hydrogen-bond donors (Lipinski definition) is 1. The summed E-state index contributed by atoms with van der Waals surface area (Å²) in [6.45, 7) is 8.51. The highest BCUT2D eigenvalue weighted by Gasteiger charge is 2.15. The maximum atomic E-state index is 12.1. The van der Waals surface area contributed by atoms with E-state index in [1.807, 2.05) is 26.0 Å². The number of carbonyl (C=O) groups excluding carboxylic acids is 1. The van der Waals surface area contributed by atoms with Crippen LogP contribution < -0.4 is 10.1 Å². The molecular formula is C20H25NO2S. The topological polar surface area (TPSA) is 38.3 Å². The van der Waals surface area contributed by atoms with Crippen LogP contribution in [0, 0.1) is 20.8 Å². The quantitative estimate of drug-likeness (QED) is 0.602. The Hall–Kier alpha value is -1.94. The molecule has 4 heteroatoms. The lowest BCUT2D eigenvalue weighted by Crippen LogP contribution is -2.37. The molecule has 0 bridgehead atoms. The van der Waals surface area contributed by atoms with Gasteiger partial charge >= 0.3 is 0 Å². The van der Waals surface area contributed by atoms with E-state index in [0.29, 0.717) is 6.54 Å². The number of aryl methyl sites for hydroxylation is 3. The Labute approximate surface area is 148 Å². The summed E-state index contributed by atoms with van der Waals surface area (Å²) in [7, 11) is 0. The molecule has 0 aromatic heterocycles. The highest BCUT2D eigenvalue weighted by atomic mass is 32.2. The van der Waals surface area contributed by atoms with E-state index in [4.69, 9.17) is 4.74 Å². The average molecular weight is 343 g/mol. The summed E-state index contributed by atoms with van der Waals surface area (Å²) in [5.41, 5.74) is 3.49. The Morgan fingerprint density at radius 1 is 1.08 bits per heavy atom. The SMILES string of the molecule is Cc1ccc(SCCNC(=O)[C@@H](C)Oc2ccc(C)cc2C)cc1. The van der Waals surface area contributed by atoms with Crippen molar-refractivity contribution in [3.8, 4) is 5.75 Å². The van der Waals surface area contributed by atoms with E-state index in [-0.39, 0.29) is 5.91 Å². The molecule has 0 aliphatic heterocycles. The maximum Gasteiger partial charge on any atom is 0.260 e. The van der Waals surface area contributed by atoms with Crippen LogP contribution in [0.15, 0.2) is 47.4 Å². The fourth-order valence-electron chi connectivity index (χ4n) is 2.30. The van der Waals surface area contributed by atoms with Crippen molar-refractivity contribution < 1.29 is 9.53 Å². The van der Waals surface area contributed by atoms with Crippen molar-refractivity contribution in [2.75, 3.05) is 12.3 Å². The molecule has 0 saturated heterocycles. The molecule has 0 saturated carbocycles. The highest BCUT2D eigenvalue weighted by molar-refractivity contribution is 7.99. The Balaban J connectivity index is 1.74. The lowest BCUT2D eigenvalue weighted by molar-refractivity contribution is -0.127. The van der Waals surface area contributed by atoms with Crippen LogP contribution in [-0.2, 0) is 4.79 Å². The molecule has 1 atom stereocenters. The fraction of sp³-hybridized carbons (Fsp3) is 0.350. The summed E-state index contributed by atoms with van der Waals surface area (Å²) < 4.78 is 5.77. The maximum absolute atomic E-state index is 12.1. The third-order valence-electron chi connectivity index (χ3n) is 3.69. The fourth-order valence-corrected chi connectivity index (χ4v) is 3.07. The summed E-state index contributed by atoms with van der Waals surface area (Å²) in [6.07, 6.45) is -0.504. The standard InChI is InChI=1S/C20H25NO2S/c1-14-5-8-18(9-6-14)24-12-11-21-20(22)17(4)23-19-10-7-15(2)13-16(19)3/h5-10,13,17H,11-12H2,1-4H3,(H,21,22)/t17-/m1/s1. The number of hydrogen-bond acceptors (Lipinski definition) is 3. The molecule has 0 radical (unpaired) electrons. The van der Waals surface area contributed by atoms with E-state index in [1.165, 1.54) is 16.0 Å². The predicted octanol–water partition coefficient (Wildman–Crippen LogP) is 4.29. The third kappa shape index (κ3) is 5.60. The minimum absolute atomic E-state index is 0.0838. The summed E-state index contributed by atoms with van der Waals surface area (Å²) in [4.78, 5) is 13.4. The second-order valence-electron chi connectivity index (χ2n) is 5.98. The van der Waals surface area contributed by atoms with Gasteiger partial charge in [-0.25, -0.2) is 0 Å². The number of nitrogens with one attached hydrogen (secondary N) is 1. The van der Waals surface area contributed by atoms with Gasteiger partial charge in [0.2, 0.25) is 0 Å². The Morgan fingerprint density at radius 2 is 1.75 bits per heavy atom.